The molecule has 1 N–H and O–H groups in total. The molecule has 0 radical (unpaired) electrons. The van der Waals surface area contributed by atoms with E-state index in [0.717, 1.165) is 12.1 Å². The van der Waals surface area contributed by atoms with Crippen molar-refractivity contribution < 1.29 is 39.6 Å². The van der Waals surface area contributed by atoms with E-state index in [1.165, 1.54) is 23.2 Å². The van der Waals surface area contributed by atoms with Crippen LogP contribution in [0.5, 0.6) is 0 Å². The summed E-state index contributed by atoms with van der Waals surface area (Å²) in [5.74, 6) is -0.478. The van der Waals surface area contributed by atoms with Crippen LogP contribution in [0.1, 0.15) is 39.3 Å². The molecule has 9 nitrogen and oxygen atoms in total. The van der Waals surface area contributed by atoms with Gasteiger partial charge >= 0.3 is 21.7 Å². The van der Waals surface area contributed by atoms with Gasteiger partial charge < -0.3 is 5.32 Å². The molecular formula is C23H20F6N6O3S. The largest absolute Gasteiger partial charge is 0.511 e. The molecule has 0 atom stereocenters. The molecule has 1 aliphatic heterocycles. The predicted molar refractivity (Wildman–Crippen MR) is 127 cm³/mol. The molecule has 0 spiro atoms. The Balaban J connectivity index is 1.47. The van der Waals surface area contributed by atoms with Crippen molar-refractivity contribution in [1.82, 2.24) is 24.1 Å². The number of nitrogens with zero attached hydrogens (tertiary/aromatic N) is 5. The molecule has 3 aromatic rings. The predicted octanol–water partition coefficient (Wildman–Crippen LogP) is 4.49. The standard InChI is InChI=1S/C23H20F6N6O3S/c1-13-9-17(11-31-20(13)15-5-7-34(8-6-15)39(37,38)23(27,28)29)33-21(36)18-12-32-35(14(18)2)19-4-3-16(10-30-19)22(24,25)26/h3-5,9-12H,6-8H2,1-2H3,(H,33,36). The number of carbonyl (C=O) groups excluding carboxylic acids is 1. The van der Waals surface area contributed by atoms with Crippen molar-refractivity contribution >= 4 is 27.2 Å². The Kier molecular flexibility index (Phi) is 7.29. The lowest BCUT2D eigenvalue weighted by Gasteiger charge is -2.26. The Hall–Kier alpha value is -3.79. The van der Waals surface area contributed by atoms with Gasteiger partial charge in [-0.1, -0.05) is 6.08 Å². The number of alkyl halides is 6. The molecule has 0 aromatic carbocycles. The first kappa shape index (κ1) is 28.2. The van der Waals surface area contributed by atoms with Gasteiger partial charge in [-0.15, -0.1) is 0 Å². The fourth-order valence-electron chi connectivity index (χ4n) is 3.95. The number of halogens is 6. The van der Waals surface area contributed by atoms with E-state index < -0.39 is 39.7 Å². The summed E-state index contributed by atoms with van der Waals surface area (Å²) >= 11 is 0. The Morgan fingerprint density at radius 1 is 1.03 bits per heavy atom. The maximum absolute atomic E-state index is 12.8. The van der Waals surface area contributed by atoms with Crippen LogP contribution in [-0.4, -0.2) is 57.0 Å². The first-order valence-electron chi connectivity index (χ1n) is 11.2. The fourth-order valence-corrected chi connectivity index (χ4v) is 4.85. The number of nitrogens with one attached hydrogen (secondary N) is 1. The van der Waals surface area contributed by atoms with Crippen molar-refractivity contribution in [3.05, 3.63) is 70.9 Å². The second kappa shape index (κ2) is 10.1. The van der Waals surface area contributed by atoms with Gasteiger partial charge in [0, 0.05) is 19.3 Å². The van der Waals surface area contributed by atoms with Crippen LogP contribution in [0.2, 0.25) is 0 Å². The second-order valence-electron chi connectivity index (χ2n) is 8.59. The summed E-state index contributed by atoms with van der Waals surface area (Å²) in [6.07, 6.45) is 0.0990. The molecular weight excluding hydrogens is 554 g/mol. The molecule has 0 saturated heterocycles. The van der Waals surface area contributed by atoms with Crippen LogP contribution in [0.25, 0.3) is 11.4 Å². The molecule has 1 amide bonds. The Morgan fingerprint density at radius 3 is 2.28 bits per heavy atom. The number of sulfonamides is 1. The van der Waals surface area contributed by atoms with E-state index in [0.29, 0.717) is 38.7 Å². The first-order valence-corrected chi connectivity index (χ1v) is 12.7. The number of hydrogen-bond acceptors (Lipinski definition) is 6. The summed E-state index contributed by atoms with van der Waals surface area (Å²) in [6.45, 7) is 2.42. The van der Waals surface area contributed by atoms with Crippen LogP contribution >= 0.6 is 0 Å². The molecule has 0 fully saturated rings. The lowest BCUT2D eigenvalue weighted by atomic mass is 10.0. The molecule has 4 rings (SSSR count). The lowest BCUT2D eigenvalue weighted by molar-refractivity contribution is -0.137. The number of hydrogen-bond donors (Lipinski definition) is 1. The Morgan fingerprint density at radius 2 is 1.74 bits per heavy atom. The van der Waals surface area contributed by atoms with Crippen molar-refractivity contribution in [2.24, 2.45) is 0 Å². The van der Waals surface area contributed by atoms with Gasteiger partial charge in [-0.3, -0.25) is 9.78 Å². The van der Waals surface area contributed by atoms with Crippen molar-refractivity contribution in [2.45, 2.75) is 32.0 Å². The van der Waals surface area contributed by atoms with E-state index in [4.69, 9.17) is 0 Å². The molecule has 0 aliphatic carbocycles. The SMILES string of the molecule is Cc1cc(NC(=O)c2cnn(-c3ccc(C(F)(F)F)cn3)c2C)cnc1C1=CCN(S(=O)(=O)C(F)(F)F)CC1. The van der Waals surface area contributed by atoms with Crippen LogP contribution in [0.4, 0.5) is 32.0 Å². The van der Waals surface area contributed by atoms with E-state index in [1.807, 2.05) is 0 Å². The highest BCUT2D eigenvalue weighted by Crippen LogP contribution is 2.32. The van der Waals surface area contributed by atoms with Gasteiger partial charge in [0.25, 0.3) is 5.91 Å². The zero-order valence-corrected chi connectivity index (χ0v) is 21.1. The summed E-state index contributed by atoms with van der Waals surface area (Å²) < 4.78 is 102. The maximum atomic E-state index is 12.8. The molecule has 0 unspecified atom stereocenters. The molecule has 3 aromatic heterocycles. The minimum Gasteiger partial charge on any atom is -0.320 e. The van der Waals surface area contributed by atoms with Crippen LogP contribution < -0.4 is 5.32 Å². The van der Waals surface area contributed by atoms with Crippen LogP contribution in [0.15, 0.2) is 42.9 Å². The van der Waals surface area contributed by atoms with Gasteiger partial charge in [-0.2, -0.15) is 35.7 Å². The van der Waals surface area contributed by atoms with E-state index in [1.54, 1.807) is 19.9 Å². The van der Waals surface area contributed by atoms with Gasteiger partial charge in [-0.05, 0) is 49.6 Å². The number of aromatic nitrogens is 4. The van der Waals surface area contributed by atoms with Gasteiger partial charge in [0.2, 0.25) is 0 Å². The van der Waals surface area contributed by atoms with E-state index in [9.17, 15) is 39.6 Å². The highest BCUT2D eigenvalue weighted by Gasteiger charge is 2.50. The fraction of sp³-hybridized carbons (Fsp3) is 0.304. The topological polar surface area (TPSA) is 110 Å². The van der Waals surface area contributed by atoms with Gasteiger partial charge in [0.05, 0.1) is 40.6 Å². The number of rotatable bonds is 5. The van der Waals surface area contributed by atoms with Crippen LogP contribution in [0, 0.1) is 13.8 Å². The minimum atomic E-state index is -5.42. The minimum absolute atomic E-state index is 0.0191. The van der Waals surface area contributed by atoms with E-state index in [2.05, 4.69) is 20.4 Å². The normalized spacial score (nSPS) is 15.2. The average molecular weight is 575 g/mol. The van der Waals surface area contributed by atoms with Crippen LogP contribution in [-0.2, 0) is 16.2 Å². The van der Waals surface area contributed by atoms with E-state index in [-0.39, 0.29) is 24.3 Å². The number of pyridine rings is 2. The quantitative estimate of drug-likeness (QED) is 0.450. The van der Waals surface area contributed by atoms with Gasteiger partial charge in [0.1, 0.15) is 0 Å². The van der Waals surface area contributed by atoms with Crippen molar-refractivity contribution in [3.63, 3.8) is 0 Å². The molecule has 39 heavy (non-hydrogen) atoms. The third kappa shape index (κ3) is 5.66. The zero-order valence-electron chi connectivity index (χ0n) is 20.3. The first-order chi connectivity index (χ1) is 18.1. The van der Waals surface area contributed by atoms with Gasteiger partial charge in [0.15, 0.2) is 5.82 Å². The third-order valence-corrected chi connectivity index (χ3v) is 7.59. The number of amides is 1. The lowest BCUT2D eigenvalue weighted by Crippen LogP contribution is -2.42. The number of carbonyl (C=O) groups is 1. The molecule has 16 heteroatoms. The highest BCUT2D eigenvalue weighted by molar-refractivity contribution is 7.90. The van der Waals surface area contributed by atoms with Crippen LogP contribution in [0.3, 0.4) is 0 Å². The summed E-state index contributed by atoms with van der Waals surface area (Å²) in [6, 6.07) is 3.58. The monoisotopic (exact) mass is 574 g/mol. The molecule has 0 bridgehead atoms. The number of aryl methyl sites for hydroxylation is 1. The summed E-state index contributed by atoms with van der Waals surface area (Å²) in [4.78, 5) is 20.9. The third-order valence-electron chi connectivity index (χ3n) is 5.99. The second-order valence-corrected chi connectivity index (χ2v) is 10.5. The molecule has 208 valence electrons. The molecule has 1 aliphatic rings. The van der Waals surface area contributed by atoms with Crippen molar-refractivity contribution in [3.8, 4) is 5.82 Å². The Bertz CT molecular complexity index is 1550. The molecule has 0 saturated carbocycles. The Labute approximate surface area is 218 Å². The van der Waals surface area contributed by atoms with E-state index >= 15 is 0 Å². The average Bonchev–Trinajstić information content (AvgIpc) is 3.24. The summed E-state index contributed by atoms with van der Waals surface area (Å²) in [5.41, 5.74) is -3.92. The summed E-state index contributed by atoms with van der Waals surface area (Å²) in [5, 5.41) is 6.70. The maximum Gasteiger partial charge on any atom is 0.511 e. The highest BCUT2D eigenvalue weighted by atomic mass is 32.2. The van der Waals surface area contributed by atoms with Gasteiger partial charge in [-0.25, -0.2) is 18.1 Å². The van der Waals surface area contributed by atoms with Crippen molar-refractivity contribution in [2.75, 3.05) is 18.4 Å². The zero-order chi connectivity index (χ0) is 28.8. The number of anilines is 1. The summed E-state index contributed by atoms with van der Waals surface area (Å²) in [7, 11) is -5.42. The van der Waals surface area contributed by atoms with Crippen molar-refractivity contribution in [1.29, 1.82) is 0 Å². The smallest absolute Gasteiger partial charge is 0.320 e. The molecule has 4 heterocycles.